The van der Waals surface area contributed by atoms with Crippen LogP contribution in [0.2, 0.25) is 0 Å². The third kappa shape index (κ3) is 18.6. The molecule has 3 fully saturated rings. The summed E-state index contributed by atoms with van der Waals surface area (Å²) in [5.74, 6) is 1.42. The molecule has 2 atom stereocenters. The van der Waals surface area contributed by atoms with Gasteiger partial charge in [-0.25, -0.2) is 44.2 Å². The number of sulfonamides is 2. The molecule has 25 heteroatoms. The van der Waals surface area contributed by atoms with Crippen molar-refractivity contribution in [3.63, 3.8) is 0 Å². The van der Waals surface area contributed by atoms with Gasteiger partial charge in [-0.1, -0.05) is 36.4 Å². The Morgan fingerprint density at radius 3 is 1.95 bits per heavy atom. The number of methoxy groups -OCH3 is 1. The van der Waals surface area contributed by atoms with Crippen LogP contribution < -0.4 is 25.4 Å². The molecule has 0 bridgehead atoms. The molecular formula is C75H98N14O8S3. The number of amides is 1. The largest absolute Gasteiger partial charge is 0.491 e. The smallest absolute Gasteiger partial charge is 0.248 e. The van der Waals surface area contributed by atoms with E-state index in [4.69, 9.17) is 10.5 Å². The number of carbonyl (C=O) groups is 1. The summed E-state index contributed by atoms with van der Waals surface area (Å²) in [6, 6.07) is 33.5. The highest BCUT2D eigenvalue weighted by Crippen LogP contribution is 2.32. The highest BCUT2D eigenvalue weighted by molar-refractivity contribution is 7.91. The number of piperazine rings is 1. The van der Waals surface area contributed by atoms with Crippen LogP contribution in [0.1, 0.15) is 93.5 Å². The molecule has 5 aromatic carbocycles. The fourth-order valence-corrected chi connectivity index (χ4v) is 17.8. The molecule has 0 saturated carbocycles. The van der Waals surface area contributed by atoms with Gasteiger partial charge in [0.15, 0.2) is 21.4 Å². The second-order valence-corrected chi connectivity index (χ2v) is 33.1. The average molecular weight is 1420 g/mol. The lowest BCUT2D eigenvalue weighted by atomic mass is 9.91. The summed E-state index contributed by atoms with van der Waals surface area (Å²) < 4.78 is 83.2. The van der Waals surface area contributed by atoms with E-state index in [1.165, 1.54) is 59.8 Å². The SMILES string of the molecule is CN(C)CCc1c[nH]c2ccc(CS(=O)(=O)N3CCCC3)cc12.CN1CCC[C@@H]1Cc1c[nH]c2ccc(CCS(=O)(=O)c3ccccc3)cc12.CNS(=O)(=O)Cc1ccc2[nH]cc(CCCN3CCN(c4ncncc4OC)CC3)c2c1.CN[C@@H]1CCc2[nH]c3ccc(C(N)=O)cc3c2C1. The number of aryl methyl sites for hydroxylation is 3. The number of nitrogens with two attached hydrogens (primary N) is 1. The minimum atomic E-state index is -3.28. The Morgan fingerprint density at radius 1 is 0.690 bits per heavy atom. The zero-order valence-electron chi connectivity index (χ0n) is 58.5. The Balaban J connectivity index is 0.000000137. The molecule has 0 radical (unpaired) electrons. The third-order valence-corrected chi connectivity index (χ3v) is 25.0. The number of hydrogen-bond donors (Lipinski definition) is 7. The summed E-state index contributed by atoms with van der Waals surface area (Å²) in [4.78, 5) is 42.8. The number of sulfone groups is 1. The van der Waals surface area contributed by atoms with Gasteiger partial charge in [0.1, 0.15) is 6.33 Å². The molecule has 100 heavy (non-hydrogen) atoms. The van der Waals surface area contributed by atoms with Crippen LogP contribution in [0.15, 0.2) is 139 Å². The lowest BCUT2D eigenvalue weighted by molar-refractivity contribution is 0.1000. The van der Waals surface area contributed by atoms with E-state index in [9.17, 15) is 30.0 Å². The Kier molecular flexibility index (Phi) is 24.3. The number of aromatic nitrogens is 6. The van der Waals surface area contributed by atoms with Crippen molar-refractivity contribution in [1.82, 2.24) is 58.9 Å². The molecular weight excluding hydrogens is 1320 g/mol. The normalized spacial score (nSPS) is 17.1. The average Bonchev–Trinajstić information content (AvgIpc) is 1.60. The van der Waals surface area contributed by atoms with Crippen LogP contribution >= 0.6 is 0 Å². The number of likely N-dealkylation sites (tertiary alicyclic amines) is 1. The molecule has 3 saturated heterocycles. The van der Waals surface area contributed by atoms with Crippen LogP contribution in [0.5, 0.6) is 5.75 Å². The number of fused-ring (bicyclic) bond motifs is 6. The first-order valence-corrected chi connectivity index (χ1v) is 39.8. The van der Waals surface area contributed by atoms with Gasteiger partial charge in [-0.05, 0) is 231 Å². The van der Waals surface area contributed by atoms with Crippen molar-refractivity contribution in [1.29, 1.82) is 0 Å². The first-order chi connectivity index (χ1) is 48.2. The van der Waals surface area contributed by atoms with Gasteiger partial charge < -0.3 is 50.4 Å². The molecule has 5 aromatic heterocycles. The molecule has 1 aliphatic carbocycles. The van der Waals surface area contributed by atoms with Crippen LogP contribution in [0, 0.1) is 0 Å². The number of benzene rings is 5. The van der Waals surface area contributed by atoms with Gasteiger partial charge in [0.05, 0.1) is 35.5 Å². The van der Waals surface area contributed by atoms with Crippen molar-refractivity contribution in [3.8, 4) is 5.75 Å². The number of nitrogens with one attached hydrogen (secondary N) is 6. The zero-order chi connectivity index (χ0) is 70.6. The maximum atomic E-state index is 12.5. The summed E-state index contributed by atoms with van der Waals surface area (Å²) in [5.41, 5.74) is 19.4. The van der Waals surface area contributed by atoms with Crippen molar-refractivity contribution in [2.75, 3.05) is 112 Å². The second-order valence-electron chi connectivity index (χ2n) is 27.1. The van der Waals surface area contributed by atoms with Crippen molar-refractivity contribution >= 4 is 85.2 Å². The van der Waals surface area contributed by atoms with Crippen LogP contribution in [0.4, 0.5) is 5.82 Å². The van der Waals surface area contributed by atoms with Gasteiger partial charge in [0.2, 0.25) is 26.0 Å². The molecule has 534 valence electrons. The quantitative estimate of drug-likeness (QED) is 0.0314. The van der Waals surface area contributed by atoms with E-state index in [1.54, 1.807) is 54.3 Å². The maximum absolute atomic E-state index is 12.5. The minimum Gasteiger partial charge on any atom is -0.491 e. The number of primary amides is 1. The fraction of sp³-hybridized carbons (Fsp3) is 0.427. The van der Waals surface area contributed by atoms with Crippen LogP contribution in [0.3, 0.4) is 0 Å². The number of ether oxygens (including phenoxy) is 1. The van der Waals surface area contributed by atoms with Gasteiger partial charge in [0, 0.05) is 131 Å². The maximum Gasteiger partial charge on any atom is 0.248 e. The topological polar surface area (TPSA) is 284 Å². The molecule has 0 unspecified atom stereocenters. The summed E-state index contributed by atoms with van der Waals surface area (Å²) in [7, 11) is 1.68. The predicted molar refractivity (Wildman–Crippen MR) is 401 cm³/mol. The lowest BCUT2D eigenvalue weighted by Gasteiger charge is -2.35. The molecule has 10 aromatic rings. The van der Waals surface area contributed by atoms with Gasteiger partial charge >= 0.3 is 0 Å². The summed E-state index contributed by atoms with van der Waals surface area (Å²) in [5, 5.41) is 7.94. The highest BCUT2D eigenvalue weighted by atomic mass is 32.2. The van der Waals surface area contributed by atoms with Crippen LogP contribution in [0.25, 0.3) is 43.6 Å². The Labute approximate surface area is 588 Å². The van der Waals surface area contributed by atoms with Gasteiger partial charge in [-0.15, -0.1) is 0 Å². The number of hydrogen-bond acceptors (Lipinski definition) is 15. The van der Waals surface area contributed by atoms with E-state index in [1.807, 2.05) is 80.1 Å². The van der Waals surface area contributed by atoms with Crippen molar-refractivity contribution in [3.05, 3.63) is 184 Å². The molecule has 1 amide bonds. The predicted octanol–water partition coefficient (Wildman–Crippen LogP) is 9.13. The van der Waals surface area contributed by atoms with Gasteiger partial charge in [0.25, 0.3) is 0 Å². The Hall–Kier alpha value is -7.98. The number of rotatable bonds is 23. The number of nitrogens with zero attached hydrogens (tertiary/aromatic N) is 7. The number of aromatic amines is 4. The molecule has 4 aliphatic rings. The van der Waals surface area contributed by atoms with Crippen molar-refractivity contribution in [2.45, 2.75) is 106 Å². The first-order valence-electron chi connectivity index (χ1n) is 34.9. The fourth-order valence-electron chi connectivity index (χ4n) is 14.2. The van der Waals surface area contributed by atoms with E-state index >= 15 is 0 Å². The molecule has 3 aliphatic heterocycles. The van der Waals surface area contributed by atoms with E-state index in [2.05, 4.69) is 99.0 Å². The van der Waals surface area contributed by atoms with Crippen LogP contribution in [-0.4, -0.2) is 199 Å². The van der Waals surface area contributed by atoms with Gasteiger partial charge in [-0.3, -0.25) is 9.69 Å². The number of carbonyl (C=O) groups excluding carboxylic acids is 1. The summed E-state index contributed by atoms with van der Waals surface area (Å²) in [6.45, 7) is 8.29. The summed E-state index contributed by atoms with van der Waals surface area (Å²) >= 11 is 0. The third-order valence-electron chi connectivity index (χ3n) is 20.0. The highest BCUT2D eigenvalue weighted by Gasteiger charge is 2.28. The van der Waals surface area contributed by atoms with E-state index in [0.29, 0.717) is 47.8 Å². The zero-order valence-corrected chi connectivity index (χ0v) is 61.0. The standard InChI is InChI=1S/C22H30N6O3S.C22H26N2O2S.C17H25N3O2S.C14H17N3O/c1-23-32(29,30)15-17-5-6-20-19(12-17)18(13-25-20)4-3-7-27-8-10-28(11-9-27)22-21(31-2)14-24-16-26-22;1-24-12-5-6-19(24)15-18-16-23-22-10-9-17(14-21(18)22)11-13-27(25,26)20-7-3-2-4-8-20;1-19(2)10-7-15-12-18-17-6-5-14(11-16(15)17)13-23(21,22)20-8-3-4-9-20;1-16-9-3-5-13-11(7-9)10-6-8(14(15)18)2-4-12(10)17-13/h5-6,12-14,16,23,25H,3-4,7-11,15H2,1-2H3;2-4,7-10,14,16,19,23H,5-6,11-13,15H2,1H3;5-6,11-12,18H,3-4,7-10,13H2,1-2H3;2,4,6,9,16-17H,3,5,7H2,1H3,(H2,15,18)/t;19-;;9-/m.1.1/s1. The van der Waals surface area contributed by atoms with Crippen molar-refractivity contribution < 1.29 is 34.8 Å². The molecule has 22 nitrogen and oxygen atoms in total. The summed E-state index contributed by atoms with van der Waals surface area (Å²) in [6.07, 6.45) is 21.7. The molecule has 14 rings (SSSR count). The van der Waals surface area contributed by atoms with E-state index in [-0.39, 0.29) is 23.2 Å². The first kappa shape index (κ1) is 73.2. The minimum absolute atomic E-state index is 0.00847. The van der Waals surface area contributed by atoms with Crippen molar-refractivity contribution in [2.24, 2.45) is 5.73 Å². The Morgan fingerprint density at radius 2 is 1.32 bits per heavy atom. The van der Waals surface area contributed by atoms with E-state index in [0.717, 1.165) is 158 Å². The monoisotopic (exact) mass is 1420 g/mol. The molecule has 8 heterocycles. The lowest BCUT2D eigenvalue weighted by Crippen LogP contribution is -2.47. The number of likely N-dealkylation sites (N-methyl/N-ethyl adjacent to an activating group) is 3. The van der Waals surface area contributed by atoms with Gasteiger partial charge in [-0.2, -0.15) is 0 Å². The molecule has 8 N–H and O–H groups in total. The number of anilines is 1. The van der Waals surface area contributed by atoms with E-state index < -0.39 is 29.9 Å². The second kappa shape index (κ2) is 33.2. The Bertz CT molecular complexity index is 4750. The number of H-pyrrole nitrogens is 4. The van der Waals surface area contributed by atoms with Crippen LogP contribution in [-0.2, 0) is 79.9 Å². The molecule has 0 spiro atoms.